The van der Waals surface area contributed by atoms with Gasteiger partial charge in [-0.1, -0.05) is 47.5 Å². The molecule has 3 aromatic rings. The van der Waals surface area contributed by atoms with E-state index in [4.69, 9.17) is 27.9 Å². The van der Waals surface area contributed by atoms with Crippen molar-refractivity contribution >= 4 is 46.0 Å². The van der Waals surface area contributed by atoms with Gasteiger partial charge in [-0.15, -0.1) is 0 Å². The Morgan fingerprint density at radius 3 is 2.77 bits per heavy atom. The second kappa shape index (κ2) is 7.33. The molecule has 1 saturated heterocycles. The molecule has 1 amide bonds. The van der Waals surface area contributed by atoms with Crippen LogP contribution in [0.2, 0.25) is 10.0 Å². The lowest BCUT2D eigenvalue weighted by Gasteiger charge is -2.45. The highest BCUT2D eigenvalue weighted by atomic mass is 35.5. The van der Waals surface area contributed by atoms with E-state index in [-0.39, 0.29) is 11.9 Å². The van der Waals surface area contributed by atoms with E-state index < -0.39 is 17.8 Å². The highest BCUT2D eigenvalue weighted by molar-refractivity contribution is 6.35. The van der Waals surface area contributed by atoms with E-state index in [1.165, 1.54) is 18.1 Å². The van der Waals surface area contributed by atoms with Gasteiger partial charge in [0.25, 0.3) is 0 Å². The van der Waals surface area contributed by atoms with Gasteiger partial charge in [0, 0.05) is 39.1 Å². The van der Waals surface area contributed by atoms with Crippen LogP contribution in [0, 0.1) is 5.92 Å². The number of H-pyrrole nitrogens is 1. The normalized spacial score (nSPS) is 23.2. The molecule has 0 saturated carbocycles. The van der Waals surface area contributed by atoms with Crippen LogP contribution >= 0.6 is 23.2 Å². The van der Waals surface area contributed by atoms with Gasteiger partial charge >= 0.3 is 5.97 Å². The number of methoxy groups -OCH3 is 1. The molecule has 0 radical (unpaired) electrons. The molecule has 5 nitrogen and oxygen atoms in total. The zero-order valence-corrected chi connectivity index (χ0v) is 17.8. The smallest absolute Gasteiger partial charge is 0.318 e. The summed E-state index contributed by atoms with van der Waals surface area (Å²) in [7, 11) is 1.31. The second-order valence-electron chi connectivity index (χ2n) is 7.87. The molecule has 1 fully saturated rings. The second-order valence-corrected chi connectivity index (χ2v) is 8.71. The highest BCUT2D eigenvalue weighted by Gasteiger charge is 2.49. The number of hydrogen-bond donors (Lipinski definition) is 1. The number of benzene rings is 2. The minimum Gasteiger partial charge on any atom is -0.468 e. The van der Waals surface area contributed by atoms with Crippen molar-refractivity contribution in [1.82, 2.24) is 9.88 Å². The van der Waals surface area contributed by atoms with E-state index in [0.717, 1.165) is 23.2 Å². The van der Waals surface area contributed by atoms with Crippen LogP contribution < -0.4 is 0 Å². The van der Waals surface area contributed by atoms with Gasteiger partial charge in [0.05, 0.1) is 13.2 Å². The van der Waals surface area contributed by atoms with Crippen molar-refractivity contribution in [1.29, 1.82) is 0 Å². The molecule has 3 atom stereocenters. The third-order valence-electron chi connectivity index (χ3n) is 6.40. The maximum Gasteiger partial charge on any atom is 0.318 e. The first-order valence-corrected chi connectivity index (χ1v) is 10.7. The van der Waals surface area contributed by atoms with Crippen molar-refractivity contribution in [2.24, 2.45) is 5.92 Å². The Hall–Kier alpha value is -2.50. The van der Waals surface area contributed by atoms with Crippen LogP contribution in [0.15, 0.2) is 42.5 Å². The first kappa shape index (κ1) is 19.5. The molecule has 7 heteroatoms. The molecule has 0 spiro atoms. The molecule has 2 aliphatic rings. The molecule has 1 aromatic heterocycles. The Balaban J connectivity index is 1.63. The third-order valence-corrected chi connectivity index (χ3v) is 6.97. The molecule has 2 aliphatic heterocycles. The summed E-state index contributed by atoms with van der Waals surface area (Å²) in [6.07, 6.45) is 1.33. The standard InChI is InChI=1S/C23H20Cl2N2O3/c1-30-23(29)20-16(13-7-6-12(24)10-17(13)25)11-19-21-15(8-9-27(19)22(20)28)14-4-2-3-5-18(14)26-21/h2-7,10,16,19-20,26H,8-9,11H2,1H3/t16-,19+,20-/m0/s1. The summed E-state index contributed by atoms with van der Waals surface area (Å²) in [6, 6.07) is 13.2. The molecular formula is C23H20Cl2N2O3. The van der Waals surface area contributed by atoms with Crippen molar-refractivity contribution in [3.8, 4) is 0 Å². The molecule has 3 heterocycles. The number of nitrogens with zero attached hydrogens (tertiary/aromatic N) is 1. The minimum atomic E-state index is -0.921. The number of carbonyl (C=O) groups excluding carboxylic acids is 2. The summed E-state index contributed by atoms with van der Waals surface area (Å²) in [5, 5.41) is 2.16. The number of nitrogens with one attached hydrogen (secondary N) is 1. The Morgan fingerprint density at radius 2 is 2.00 bits per heavy atom. The lowest BCUT2D eigenvalue weighted by Crippen LogP contribution is -2.52. The predicted octanol–water partition coefficient (Wildman–Crippen LogP) is 4.88. The average molecular weight is 443 g/mol. The number of rotatable bonds is 2. The minimum absolute atomic E-state index is 0.147. The quantitative estimate of drug-likeness (QED) is 0.454. The highest BCUT2D eigenvalue weighted by Crippen LogP contribution is 2.48. The number of carbonyl (C=O) groups is 2. The summed E-state index contributed by atoms with van der Waals surface area (Å²) in [5.41, 5.74) is 4.10. The SMILES string of the molecule is COC(=O)[C@@H]1C(=O)N2CCc3c([nH]c4ccccc34)[C@H]2C[C@H]1c1ccc(Cl)cc1Cl. The number of aromatic amines is 1. The third kappa shape index (κ3) is 2.91. The Labute approximate surface area is 183 Å². The lowest BCUT2D eigenvalue weighted by molar-refractivity contribution is -0.160. The Kier molecular flexibility index (Phi) is 4.75. The number of piperidine rings is 1. The fourth-order valence-corrected chi connectivity index (χ4v) is 5.60. The largest absolute Gasteiger partial charge is 0.468 e. The maximum atomic E-state index is 13.5. The first-order chi connectivity index (χ1) is 14.5. The maximum absolute atomic E-state index is 13.5. The van der Waals surface area contributed by atoms with Crippen molar-refractivity contribution < 1.29 is 14.3 Å². The molecule has 30 heavy (non-hydrogen) atoms. The summed E-state index contributed by atoms with van der Waals surface area (Å²) in [4.78, 5) is 31.5. The van der Waals surface area contributed by atoms with Crippen molar-refractivity contribution in [2.45, 2.75) is 24.8 Å². The molecule has 5 rings (SSSR count). The average Bonchev–Trinajstić information content (AvgIpc) is 3.12. The van der Waals surface area contributed by atoms with E-state index >= 15 is 0 Å². The first-order valence-electron chi connectivity index (χ1n) is 9.92. The number of ether oxygens (including phenoxy) is 1. The summed E-state index contributed by atoms with van der Waals surface area (Å²) < 4.78 is 5.01. The molecule has 154 valence electrons. The number of hydrogen-bond acceptors (Lipinski definition) is 3. The van der Waals surface area contributed by atoms with Crippen molar-refractivity contribution in [2.75, 3.05) is 13.7 Å². The van der Waals surface area contributed by atoms with E-state index in [2.05, 4.69) is 11.1 Å². The van der Waals surface area contributed by atoms with Crippen molar-refractivity contribution in [3.05, 3.63) is 69.3 Å². The van der Waals surface area contributed by atoms with Gasteiger partial charge in [0.1, 0.15) is 5.92 Å². The van der Waals surface area contributed by atoms with Crippen molar-refractivity contribution in [3.63, 3.8) is 0 Å². The Bertz CT molecular complexity index is 1170. The van der Waals surface area contributed by atoms with Crippen LogP contribution in [0.4, 0.5) is 0 Å². The number of amides is 1. The van der Waals surface area contributed by atoms with E-state index in [1.54, 1.807) is 12.1 Å². The number of esters is 1. The van der Waals surface area contributed by atoms with E-state index in [9.17, 15) is 9.59 Å². The molecule has 0 aliphatic carbocycles. The molecule has 2 aromatic carbocycles. The van der Waals surface area contributed by atoms with Gasteiger partial charge in [-0.3, -0.25) is 9.59 Å². The van der Waals surface area contributed by atoms with Gasteiger partial charge in [-0.25, -0.2) is 0 Å². The van der Waals surface area contributed by atoms with Crippen LogP contribution in [0.5, 0.6) is 0 Å². The van der Waals surface area contributed by atoms with Gasteiger partial charge in [-0.05, 0) is 42.2 Å². The topological polar surface area (TPSA) is 62.4 Å². The van der Waals surface area contributed by atoms with Crippen LogP contribution in [0.25, 0.3) is 10.9 Å². The fourth-order valence-electron chi connectivity index (χ4n) is 5.06. The van der Waals surface area contributed by atoms with Crippen LogP contribution in [0.1, 0.15) is 35.2 Å². The van der Waals surface area contributed by atoms with Crippen LogP contribution in [-0.2, 0) is 20.7 Å². The zero-order chi connectivity index (χ0) is 21.0. The monoisotopic (exact) mass is 442 g/mol. The van der Waals surface area contributed by atoms with E-state index in [0.29, 0.717) is 23.0 Å². The Morgan fingerprint density at radius 1 is 1.20 bits per heavy atom. The molecule has 1 N–H and O–H groups in total. The van der Waals surface area contributed by atoms with Crippen LogP contribution in [-0.4, -0.2) is 35.4 Å². The van der Waals surface area contributed by atoms with Crippen LogP contribution in [0.3, 0.4) is 0 Å². The van der Waals surface area contributed by atoms with Gasteiger partial charge in [-0.2, -0.15) is 0 Å². The summed E-state index contributed by atoms with van der Waals surface area (Å²) >= 11 is 12.6. The number of halogens is 2. The number of para-hydroxylation sites is 1. The fraction of sp³-hybridized carbons (Fsp3) is 0.304. The zero-order valence-electron chi connectivity index (χ0n) is 16.3. The molecular weight excluding hydrogens is 423 g/mol. The van der Waals surface area contributed by atoms with Gasteiger partial charge in [0.2, 0.25) is 5.91 Å². The van der Waals surface area contributed by atoms with Gasteiger partial charge < -0.3 is 14.6 Å². The number of aromatic nitrogens is 1. The molecule has 0 bridgehead atoms. The number of fused-ring (bicyclic) bond motifs is 5. The molecule has 0 unspecified atom stereocenters. The summed E-state index contributed by atoms with van der Waals surface area (Å²) in [6.45, 7) is 0.576. The van der Waals surface area contributed by atoms with E-state index in [1.807, 2.05) is 29.2 Å². The summed E-state index contributed by atoms with van der Waals surface area (Å²) in [5.74, 6) is -2.06. The predicted molar refractivity (Wildman–Crippen MR) is 116 cm³/mol. The lowest BCUT2D eigenvalue weighted by atomic mass is 9.74. The van der Waals surface area contributed by atoms with Gasteiger partial charge in [0.15, 0.2) is 0 Å².